The lowest BCUT2D eigenvalue weighted by Gasteiger charge is -2.30. The van der Waals surface area contributed by atoms with Crippen molar-refractivity contribution in [2.45, 2.75) is 46.7 Å². The highest BCUT2D eigenvalue weighted by Crippen LogP contribution is 2.17. The standard InChI is InChI=1S/C13H24N4O/c1-9(2)17(10(3)4)6-7-18-13-11(5)12(14)15-8-16-13/h8-10H,6-7H2,1-5H3,(H2,14,15,16). The van der Waals surface area contributed by atoms with Crippen molar-refractivity contribution < 1.29 is 4.74 Å². The first kappa shape index (κ1) is 14.7. The van der Waals surface area contributed by atoms with Crippen LogP contribution in [0.15, 0.2) is 6.33 Å². The summed E-state index contributed by atoms with van der Waals surface area (Å²) in [4.78, 5) is 10.4. The van der Waals surface area contributed by atoms with Crippen LogP contribution >= 0.6 is 0 Å². The van der Waals surface area contributed by atoms with Gasteiger partial charge in [0, 0.05) is 18.6 Å². The Morgan fingerprint density at radius 3 is 2.39 bits per heavy atom. The van der Waals surface area contributed by atoms with E-state index in [0.29, 0.717) is 30.4 Å². The minimum Gasteiger partial charge on any atom is -0.476 e. The van der Waals surface area contributed by atoms with E-state index in [1.165, 1.54) is 6.33 Å². The average molecular weight is 252 g/mol. The molecule has 0 fully saturated rings. The van der Waals surface area contributed by atoms with Crippen molar-refractivity contribution in [2.75, 3.05) is 18.9 Å². The summed E-state index contributed by atoms with van der Waals surface area (Å²) >= 11 is 0. The topological polar surface area (TPSA) is 64.3 Å². The maximum absolute atomic E-state index is 5.71. The number of anilines is 1. The SMILES string of the molecule is Cc1c(N)ncnc1OCCN(C(C)C)C(C)C. The lowest BCUT2D eigenvalue weighted by Crippen LogP contribution is -2.39. The summed E-state index contributed by atoms with van der Waals surface area (Å²) in [6.45, 7) is 12.1. The summed E-state index contributed by atoms with van der Waals surface area (Å²) < 4.78 is 5.68. The van der Waals surface area contributed by atoms with E-state index in [-0.39, 0.29) is 0 Å². The molecule has 0 aromatic carbocycles. The molecule has 0 aliphatic rings. The first-order valence-electron chi connectivity index (χ1n) is 6.39. The molecule has 0 atom stereocenters. The minimum absolute atomic E-state index is 0.476. The maximum Gasteiger partial charge on any atom is 0.221 e. The van der Waals surface area contributed by atoms with Gasteiger partial charge in [0.25, 0.3) is 0 Å². The van der Waals surface area contributed by atoms with Gasteiger partial charge >= 0.3 is 0 Å². The number of rotatable bonds is 6. The largest absolute Gasteiger partial charge is 0.476 e. The Hall–Kier alpha value is -1.36. The van der Waals surface area contributed by atoms with Crippen molar-refractivity contribution in [2.24, 2.45) is 0 Å². The van der Waals surface area contributed by atoms with Gasteiger partial charge in [-0.15, -0.1) is 0 Å². The number of ether oxygens (including phenoxy) is 1. The Labute approximate surface area is 109 Å². The molecule has 0 amide bonds. The van der Waals surface area contributed by atoms with Gasteiger partial charge in [-0.05, 0) is 34.6 Å². The summed E-state index contributed by atoms with van der Waals surface area (Å²) in [6, 6.07) is 1.01. The van der Waals surface area contributed by atoms with Crippen molar-refractivity contribution in [3.63, 3.8) is 0 Å². The van der Waals surface area contributed by atoms with E-state index in [4.69, 9.17) is 10.5 Å². The lowest BCUT2D eigenvalue weighted by atomic mass is 10.2. The first-order chi connectivity index (χ1) is 8.43. The number of nitrogens with zero attached hydrogens (tertiary/aromatic N) is 3. The van der Waals surface area contributed by atoms with Gasteiger partial charge in [-0.3, -0.25) is 4.90 Å². The third-order valence-corrected chi connectivity index (χ3v) is 2.99. The molecule has 0 bridgehead atoms. The maximum atomic E-state index is 5.71. The van der Waals surface area contributed by atoms with Gasteiger partial charge in [0.15, 0.2) is 0 Å². The van der Waals surface area contributed by atoms with E-state index in [1.54, 1.807) is 0 Å². The van der Waals surface area contributed by atoms with Gasteiger partial charge in [-0.25, -0.2) is 9.97 Å². The molecule has 0 aliphatic carbocycles. The van der Waals surface area contributed by atoms with Crippen LogP contribution in [0.4, 0.5) is 5.82 Å². The van der Waals surface area contributed by atoms with E-state index in [9.17, 15) is 0 Å². The molecule has 0 saturated heterocycles. The molecule has 2 N–H and O–H groups in total. The second-order valence-corrected chi connectivity index (χ2v) is 4.96. The van der Waals surface area contributed by atoms with Crippen molar-refractivity contribution in [1.82, 2.24) is 14.9 Å². The zero-order valence-electron chi connectivity index (χ0n) is 12.0. The van der Waals surface area contributed by atoms with E-state index in [0.717, 1.165) is 12.1 Å². The molecule has 18 heavy (non-hydrogen) atoms. The molecule has 1 rings (SSSR count). The van der Waals surface area contributed by atoms with Crippen LogP contribution in [-0.2, 0) is 0 Å². The molecular formula is C13H24N4O. The van der Waals surface area contributed by atoms with Crippen molar-refractivity contribution in [1.29, 1.82) is 0 Å². The van der Waals surface area contributed by atoms with Crippen LogP contribution in [0, 0.1) is 6.92 Å². The second-order valence-electron chi connectivity index (χ2n) is 4.96. The molecule has 0 radical (unpaired) electrons. The Morgan fingerprint density at radius 2 is 1.83 bits per heavy atom. The summed E-state index contributed by atoms with van der Waals surface area (Å²) in [5, 5.41) is 0. The fraction of sp³-hybridized carbons (Fsp3) is 0.692. The molecule has 0 unspecified atom stereocenters. The van der Waals surface area contributed by atoms with Gasteiger partial charge in [-0.1, -0.05) is 0 Å². The molecular weight excluding hydrogens is 228 g/mol. The van der Waals surface area contributed by atoms with Gasteiger partial charge in [0.05, 0.1) is 5.56 Å². The zero-order valence-corrected chi connectivity index (χ0v) is 12.0. The first-order valence-corrected chi connectivity index (χ1v) is 6.39. The van der Waals surface area contributed by atoms with Crippen LogP contribution in [0.3, 0.4) is 0 Å². The van der Waals surface area contributed by atoms with E-state index < -0.39 is 0 Å². The Kier molecular flexibility index (Phi) is 5.34. The summed E-state index contributed by atoms with van der Waals surface area (Å²) in [5.74, 6) is 1.06. The summed E-state index contributed by atoms with van der Waals surface area (Å²) in [7, 11) is 0. The molecule has 1 aromatic heterocycles. The molecule has 102 valence electrons. The number of hydrogen-bond donors (Lipinski definition) is 1. The fourth-order valence-corrected chi connectivity index (χ4v) is 1.95. The zero-order chi connectivity index (χ0) is 13.7. The van der Waals surface area contributed by atoms with Gasteiger partial charge in [-0.2, -0.15) is 0 Å². The predicted molar refractivity (Wildman–Crippen MR) is 73.7 cm³/mol. The second kappa shape index (κ2) is 6.54. The molecule has 5 nitrogen and oxygen atoms in total. The quantitative estimate of drug-likeness (QED) is 0.837. The number of hydrogen-bond acceptors (Lipinski definition) is 5. The van der Waals surface area contributed by atoms with Gasteiger partial charge < -0.3 is 10.5 Å². The van der Waals surface area contributed by atoms with Crippen LogP contribution in [0.2, 0.25) is 0 Å². The minimum atomic E-state index is 0.476. The highest BCUT2D eigenvalue weighted by molar-refractivity contribution is 5.42. The summed E-state index contributed by atoms with van der Waals surface area (Å²) in [6.07, 6.45) is 1.43. The van der Waals surface area contributed by atoms with E-state index in [2.05, 4.69) is 42.6 Å². The third kappa shape index (κ3) is 3.84. The Bertz CT molecular complexity index is 371. The third-order valence-electron chi connectivity index (χ3n) is 2.99. The highest BCUT2D eigenvalue weighted by atomic mass is 16.5. The number of nitrogen functional groups attached to an aromatic ring is 1. The predicted octanol–water partition coefficient (Wildman–Crippen LogP) is 1.86. The van der Waals surface area contributed by atoms with Crippen LogP contribution in [0.1, 0.15) is 33.3 Å². The average Bonchev–Trinajstić information content (AvgIpc) is 2.28. The molecule has 0 aliphatic heterocycles. The van der Waals surface area contributed by atoms with Crippen LogP contribution < -0.4 is 10.5 Å². The fourth-order valence-electron chi connectivity index (χ4n) is 1.95. The van der Waals surface area contributed by atoms with Gasteiger partial charge in [0.2, 0.25) is 5.88 Å². The molecule has 5 heteroatoms. The molecule has 1 aromatic rings. The number of aromatic nitrogens is 2. The van der Waals surface area contributed by atoms with Crippen LogP contribution in [0.5, 0.6) is 5.88 Å². The van der Waals surface area contributed by atoms with Gasteiger partial charge in [0.1, 0.15) is 18.8 Å². The Morgan fingerprint density at radius 1 is 1.22 bits per heavy atom. The van der Waals surface area contributed by atoms with Crippen LogP contribution in [0.25, 0.3) is 0 Å². The summed E-state index contributed by atoms with van der Waals surface area (Å²) in [5.41, 5.74) is 6.51. The number of nitrogens with two attached hydrogens (primary N) is 1. The molecule has 1 heterocycles. The molecule has 0 saturated carbocycles. The monoisotopic (exact) mass is 252 g/mol. The molecule has 0 spiro atoms. The van der Waals surface area contributed by atoms with Crippen molar-refractivity contribution in [3.05, 3.63) is 11.9 Å². The normalized spacial score (nSPS) is 11.6. The lowest BCUT2D eigenvalue weighted by molar-refractivity contribution is 0.140. The highest BCUT2D eigenvalue weighted by Gasteiger charge is 2.13. The van der Waals surface area contributed by atoms with Crippen LogP contribution in [-0.4, -0.2) is 40.1 Å². The smallest absolute Gasteiger partial charge is 0.221 e. The van der Waals surface area contributed by atoms with E-state index >= 15 is 0 Å². The van der Waals surface area contributed by atoms with E-state index in [1.807, 2.05) is 6.92 Å². The Balaban J connectivity index is 2.53. The van der Waals surface area contributed by atoms with Crippen molar-refractivity contribution in [3.8, 4) is 5.88 Å². The van der Waals surface area contributed by atoms with Crippen molar-refractivity contribution >= 4 is 5.82 Å².